The van der Waals surface area contributed by atoms with Crippen LogP contribution in [0.3, 0.4) is 0 Å². The van der Waals surface area contributed by atoms with Gasteiger partial charge in [-0.1, -0.05) is 18.2 Å². The van der Waals surface area contributed by atoms with Gasteiger partial charge in [-0.2, -0.15) is 0 Å². The zero-order valence-electron chi connectivity index (χ0n) is 19.6. The lowest BCUT2D eigenvalue weighted by Gasteiger charge is -2.23. The van der Waals surface area contributed by atoms with Crippen LogP contribution < -0.4 is 27.4 Å². The lowest BCUT2D eigenvalue weighted by molar-refractivity contribution is -0.142. The number of rotatable bonds is 14. The number of hydrogen-bond acceptors (Lipinski definition) is 7. The van der Waals surface area contributed by atoms with Crippen LogP contribution in [0.1, 0.15) is 31.7 Å². The zero-order valence-corrected chi connectivity index (χ0v) is 19.6. The molecule has 1 aromatic carbocycles. The lowest BCUT2D eigenvalue weighted by Crippen LogP contribution is -2.57. The summed E-state index contributed by atoms with van der Waals surface area (Å²) in [7, 11) is 0. The van der Waals surface area contributed by atoms with Crippen molar-refractivity contribution >= 4 is 34.6 Å². The smallest absolute Gasteiger partial charge is 0.326 e. The Labute approximate surface area is 202 Å². The molecule has 1 heterocycles. The number of carboxylic acid groups (broad SMARTS) is 1. The molecule has 4 unspecified atom stereocenters. The number of benzene rings is 1. The topological polar surface area (TPSA) is 213 Å². The number of carboxylic acids is 1. The quantitative estimate of drug-likeness (QED) is 0.149. The zero-order chi connectivity index (χ0) is 26.0. The van der Waals surface area contributed by atoms with Crippen LogP contribution in [-0.4, -0.2) is 76.2 Å². The fraction of sp³-hybridized carbons (Fsp3) is 0.478. The fourth-order valence-corrected chi connectivity index (χ4v) is 3.52. The number of para-hydroxylation sites is 1. The lowest BCUT2D eigenvalue weighted by atomic mass is 10.0. The van der Waals surface area contributed by atoms with Crippen molar-refractivity contribution in [3.63, 3.8) is 0 Å². The maximum atomic E-state index is 13.1. The second-order valence-corrected chi connectivity index (χ2v) is 8.33. The molecule has 0 fully saturated rings. The standard InChI is InChI=1S/C23H34N6O6/c1-13(27-21(32)16(25)12-30)20(31)29-19(10-14-11-26-17-7-3-2-6-15(14)17)22(33)28-18(23(34)35)8-4-5-9-24/h2-3,6-7,11,13,16,18-19,26,30H,4-5,8-10,12,24-25H2,1H3,(H,27,32)(H,28,33)(H,29,31)(H,34,35). The van der Waals surface area contributed by atoms with Crippen LogP contribution in [0.25, 0.3) is 10.9 Å². The van der Waals surface area contributed by atoms with Crippen LogP contribution in [0.4, 0.5) is 0 Å². The predicted octanol–water partition coefficient (Wildman–Crippen LogP) is -1.28. The number of aromatic amines is 1. The molecule has 35 heavy (non-hydrogen) atoms. The number of unbranched alkanes of at least 4 members (excludes halogenated alkanes) is 1. The van der Waals surface area contributed by atoms with Crippen molar-refractivity contribution in [1.29, 1.82) is 0 Å². The summed E-state index contributed by atoms with van der Waals surface area (Å²) in [5.74, 6) is -3.25. The summed E-state index contributed by atoms with van der Waals surface area (Å²) in [6.07, 6.45) is 3.12. The molecule has 0 aliphatic heterocycles. The van der Waals surface area contributed by atoms with Crippen molar-refractivity contribution in [2.75, 3.05) is 13.2 Å². The first kappa shape index (κ1) is 27.8. The van der Waals surface area contributed by atoms with Crippen molar-refractivity contribution in [3.05, 3.63) is 36.0 Å². The molecule has 10 N–H and O–H groups in total. The maximum absolute atomic E-state index is 13.1. The highest BCUT2D eigenvalue weighted by molar-refractivity contribution is 5.94. The molecule has 0 saturated heterocycles. The number of aliphatic hydroxyl groups is 1. The van der Waals surface area contributed by atoms with E-state index in [1.807, 2.05) is 24.3 Å². The van der Waals surface area contributed by atoms with Crippen molar-refractivity contribution in [1.82, 2.24) is 20.9 Å². The second-order valence-electron chi connectivity index (χ2n) is 8.33. The molecular weight excluding hydrogens is 456 g/mol. The van der Waals surface area contributed by atoms with E-state index in [4.69, 9.17) is 16.6 Å². The summed E-state index contributed by atoms with van der Waals surface area (Å²) < 4.78 is 0. The second kappa shape index (κ2) is 13.4. The van der Waals surface area contributed by atoms with Crippen molar-refractivity contribution in [2.24, 2.45) is 11.5 Å². The van der Waals surface area contributed by atoms with Crippen molar-refractivity contribution in [2.45, 2.75) is 56.8 Å². The summed E-state index contributed by atoms with van der Waals surface area (Å²) in [6, 6.07) is 2.91. The molecule has 192 valence electrons. The number of nitrogens with one attached hydrogen (secondary N) is 4. The molecule has 0 spiro atoms. The third kappa shape index (κ3) is 8.05. The number of hydrogen-bond donors (Lipinski definition) is 8. The van der Waals surface area contributed by atoms with Crippen LogP contribution in [0.5, 0.6) is 0 Å². The summed E-state index contributed by atoms with van der Waals surface area (Å²) in [5, 5.41) is 26.9. The van der Waals surface area contributed by atoms with Gasteiger partial charge in [0.15, 0.2) is 0 Å². The molecule has 2 aromatic rings. The number of aliphatic hydroxyl groups excluding tert-OH is 1. The Morgan fingerprint density at radius 1 is 1.00 bits per heavy atom. The Hall–Kier alpha value is -3.48. The molecule has 0 saturated carbocycles. The van der Waals surface area contributed by atoms with Crippen LogP contribution in [0, 0.1) is 0 Å². The van der Waals surface area contributed by atoms with Gasteiger partial charge in [-0.05, 0) is 44.4 Å². The number of amides is 3. The Morgan fingerprint density at radius 3 is 2.34 bits per heavy atom. The average molecular weight is 491 g/mol. The predicted molar refractivity (Wildman–Crippen MR) is 129 cm³/mol. The van der Waals surface area contributed by atoms with E-state index < -0.39 is 54.5 Å². The van der Waals surface area contributed by atoms with Crippen LogP contribution in [0.2, 0.25) is 0 Å². The largest absolute Gasteiger partial charge is 0.480 e. The molecule has 2 rings (SSSR count). The first-order chi connectivity index (χ1) is 16.7. The highest BCUT2D eigenvalue weighted by Crippen LogP contribution is 2.19. The molecule has 12 heteroatoms. The third-order valence-electron chi connectivity index (χ3n) is 5.58. The Bertz CT molecular complexity index is 1020. The molecule has 0 aliphatic rings. The highest BCUT2D eigenvalue weighted by Gasteiger charge is 2.29. The van der Waals surface area contributed by atoms with Gasteiger partial charge in [0, 0.05) is 23.5 Å². The monoisotopic (exact) mass is 490 g/mol. The Balaban J connectivity index is 2.21. The summed E-state index contributed by atoms with van der Waals surface area (Å²) >= 11 is 0. The van der Waals surface area contributed by atoms with Gasteiger partial charge in [-0.15, -0.1) is 0 Å². The first-order valence-corrected chi connectivity index (χ1v) is 11.4. The van der Waals surface area contributed by atoms with Gasteiger partial charge in [0.05, 0.1) is 6.61 Å². The number of carbonyl (C=O) groups is 4. The molecule has 3 amide bonds. The van der Waals surface area contributed by atoms with E-state index in [1.54, 1.807) is 6.20 Å². The number of fused-ring (bicyclic) bond motifs is 1. The molecule has 0 aliphatic carbocycles. The van der Waals surface area contributed by atoms with E-state index in [0.29, 0.717) is 19.4 Å². The van der Waals surface area contributed by atoms with Gasteiger partial charge < -0.3 is 42.6 Å². The van der Waals surface area contributed by atoms with Gasteiger partial charge in [-0.25, -0.2) is 4.79 Å². The molecule has 4 atom stereocenters. The molecule has 0 bridgehead atoms. The van der Waals surface area contributed by atoms with Crippen molar-refractivity contribution in [3.8, 4) is 0 Å². The summed E-state index contributed by atoms with van der Waals surface area (Å²) in [4.78, 5) is 52.6. The van der Waals surface area contributed by atoms with Gasteiger partial charge >= 0.3 is 5.97 Å². The van der Waals surface area contributed by atoms with Crippen LogP contribution >= 0.6 is 0 Å². The number of aliphatic carboxylic acids is 1. The average Bonchev–Trinajstić information content (AvgIpc) is 3.24. The fourth-order valence-electron chi connectivity index (χ4n) is 3.52. The number of carbonyl (C=O) groups excluding carboxylic acids is 3. The summed E-state index contributed by atoms with van der Waals surface area (Å²) in [6.45, 7) is 1.22. The SMILES string of the molecule is CC(NC(=O)C(N)CO)C(=O)NC(Cc1c[nH]c2ccccc12)C(=O)NC(CCCCN)C(=O)O. The minimum absolute atomic E-state index is 0.0769. The van der Waals surface area contributed by atoms with Gasteiger partial charge in [0.1, 0.15) is 24.2 Å². The van der Waals surface area contributed by atoms with Crippen molar-refractivity contribution < 1.29 is 29.4 Å². The van der Waals surface area contributed by atoms with E-state index in [0.717, 1.165) is 16.5 Å². The molecule has 0 radical (unpaired) electrons. The van der Waals surface area contributed by atoms with Gasteiger partial charge in [0.25, 0.3) is 0 Å². The van der Waals surface area contributed by atoms with E-state index in [-0.39, 0.29) is 12.8 Å². The van der Waals surface area contributed by atoms with E-state index >= 15 is 0 Å². The molecule has 1 aromatic heterocycles. The molecule has 12 nitrogen and oxygen atoms in total. The number of nitrogens with two attached hydrogens (primary N) is 2. The minimum atomic E-state index is -1.19. The molecular formula is C23H34N6O6. The highest BCUT2D eigenvalue weighted by atomic mass is 16.4. The van der Waals surface area contributed by atoms with E-state index in [2.05, 4.69) is 20.9 Å². The van der Waals surface area contributed by atoms with E-state index in [9.17, 15) is 24.3 Å². The minimum Gasteiger partial charge on any atom is -0.480 e. The van der Waals surface area contributed by atoms with E-state index in [1.165, 1.54) is 6.92 Å². The first-order valence-electron chi connectivity index (χ1n) is 11.4. The van der Waals surface area contributed by atoms with Gasteiger partial charge in [-0.3, -0.25) is 14.4 Å². The number of aromatic nitrogens is 1. The maximum Gasteiger partial charge on any atom is 0.326 e. The number of H-pyrrole nitrogens is 1. The van der Waals surface area contributed by atoms with Crippen LogP contribution in [-0.2, 0) is 25.6 Å². The Morgan fingerprint density at radius 2 is 1.69 bits per heavy atom. The Kier molecular flexibility index (Phi) is 10.6. The third-order valence-corrected chi connectivity index (χ3v) is 5.58. The summed E-state index contributed by atoms with van der Waals surface area (Å²) in [5.41, 5.74) is 12.5. The van der Waals surface area contributed by atoms with Gasteiger partial charge in [0.2, 0.25) is 17.7 Å². The normalized spacial score (nSPS) is 14.5. The van der Waals surface area contributed by atoms with Crippen LogP contribution in [0.15, 0.2) is 30.5 Å².